The van der Waals surface area contributed by atoms with E-state index in [9.17, 15) is 0 Å². The Hall–Kier alpha value is -0.680. The molecule has 2 N–H and O–H groups in total. The molecule has 2 rings (SSSR count). The molecule has 0 bridgehead atoms. The van der Waals surface area contributed by atoms with E-state index in [0.29, 0.717) is 12.1 Å². The van der Waals surface area contributed by atoms with Crippen LogP contribution < -0.4 is 10.6 Å². The fraction of sp³-hybridized carbons (Fsp3) is 0.800. The van der Waals surface area contributed by atoms with E-state index in [4.69, 9.17) is 5.73 Å². The Morgan fingerprint density at radius 3 is 2.53 bits per heavy atom. The summed E-state index contributed by atoms with van der Waals surface area (Å²) >= 11 is 1.49. The Bertz CT molecular complexity index is 317. The molecule has 1 heterocycles. The summed E-state index contributed by atoms with van der Waals surface area (Å²) in [7, 11) is 2.11. The highest BCUT2D eigenvalue weighted by atomic mass is 32.1. The van der Waals surface area contributed by atoms with Crippen LogP contribution in [-0.2, 0) is 0 Å². The molecule has 4 nitrogen and oxygen atoms in total. The quantitative estimate of drug-likeness (QED) is 0.831. The van der Waals surface area contributed by atoms with Crippen molar-refractivity contribution < 1.29 is 0 Å². The van der Waals surface area contributed by atoms with Gasteiger partial charge in [0.25, 0.3) is 0 Å². The van der Waals surface area contributed by atoms with Gasteiger partial charge in [-0.2, -0.15) is 4.37 Å². The van der Waals surface area contributed by atoms with Crippen molar-refractivity contribution in [2.24, 2.45) is 5.73 Å². The van der Waals surface area contributed by atoms with Crippen LogP contribution in [-0.4, -0.2) is 28.5 Å². The van der Waals surface area contributed by atoms with E-state index in [2.05, 4.69) is 21.3 Å². The highest BCUT2D eigenvalue weighted by Crippen LogP contribution is 2.26. The highest BCUT2D eigenvalue weighted by Gasteiger charge is 2.23. The van der Waals surface area contributed by atoms with Crippen LogP contribution in [0, 0.1) is 6.92 Å². The van der Waals surface area contributed by atoms with E-state index in [1.165, 1.54) is 24.4 Å². The van der Waals surface area contributed by atoms with Crippen molar-refractivity contribution in [3.8, 4) is 0 Å². The van der Waals surface area contributed by atoms with Crippen molar-refractivity contribution in [3.05, 3.63) is 5.82 Å². The number of aryl methyl sites for hydroxylation is 1. The Kier molecular flexibility index (Phi) is 3.21. The molecule has 0 spiro atoms. The summed E-state index contributed by atoms with van der Waals surface area (Å²) in [6.45, 7) is 1.94. The first-order valence-corrected chi connectivity index (χ1v) is 6.23. The van der Waals surface area contributed by atoms with Crippen molar-refractivity contribution in [2.75, 3.05) is 11.9 Å². The van der Waals surface area contributed by atoms with Crippen molar-refractivity contribution in [2.45, 2.75) is 44.7 Å². The van der Waals surface area contributed by atoms with Crippen molar-refractivity contribution >= 4 is 16.7 Å². The molecule has 5 heteroatoms. The SMILES string of the molecule is Cc1nsc(N(C)C2CCC(N)CC2)n1. The number of nitrogens with zero attached hydrogens (tertiary/aromatic N) is 3. The number of hydrogen-bond acceptors (Lipinski definition) is 5. The third-order valence-corrected chi connectivity index (χ3v) is 4.01. The first-order valence-electron chi connectivity index (χ1n) is 5.45. The first kappa shape index (κ1) is 10.8. The molecule has 0 radical (unpaired) electrons. The zero-order chi connectivity index (χ0) is 10.8. The molecule has 1 aromatic heterocycles. The van der Waals surface area contributed by atoms with Gasteiger partial charge >= 0.3 is 0 Å². The second-order valence-corrected chi connectivity index (χ2v) is 5.03. The molecule has 0 aliphatic heterocycles. The van der Waals surface area contributed by atoms with Gasteiger partial charge in [-0.15, -0.1) is 0 Å². The maximum absolute atomic E-state index is 5.90. The van der Waals surface area contributed by atoms with Gasteiger partial charge in [-0.3, -0.25) is 0 Å². The van der Waals surface area contributed by atoms with Gasteiger partial charge in [0.2, 0.25) is 5.13 Å². The molecule has 84 valence electrons. The summed E-state index contributed by atoms with van der Waals surface area (Å²) in [5.74, 6) is 0.870. The van der Waals surface area contributed by atoms with Crippen LogP contribution >= 0.6 is 11.5 Å². The number of anilines is 1. The fourth-order valence-electron chi connectivity index (χ4n) is 2.07. The van der Waals surface area contributed by atoms with Crippen molar-refractivity contribution in [3.63, 3.8) is 0 Å². The molecule has 1 aliphatic carbocycles. The predicted octanol–water partition coefficient (Wildman–Crippen LogP) is 1.55. The summed E-state index contributed by atoms with van der Waals surface area (Å²) in [6, 6.07) is 1.00. The van der Waals surface area contributed by atoms with Crippen LogP contribution in [0.2, 0.25) is 0 Å². The molecule has 15 heavy (non-hydrogen) atoms. The zero-order valence-corrected chi connectivity index (χ0v) is 10.1. The second-order valence-electron chi connectivity index (χ2n) is 4.30. The smallest absolute Gasteiger partial charge is 0.205 e. The minimum absolute atomic E-state index is 0.408. The molecular formula is C10H18N4S. The molecular weight excluding hydrogens is 208 g/mol. The number of aromatic nitrogens is 2. The van der Waals surface area contributed by atoms with E-state index in [0.717, 1.165) is 23.8 Å². The summed E-state index contributed by atoms with van der Waals surface area (Å²) < 4.78 is 4.21. The molecule has 1 aromatic rings. The van der Waals surface area contributed by atoms with Gasteiger partial charge in [-0.1, -0.05) is 0 Å². The number of nitrogens with two attached hydrogens (primary N) is 1. The average Bonchev–Trinajstić information content (AvgIpc) is 2.65. The Morgan fingerprint density at radius 1 is 1.33 bits per heavy atom. The third-order valence-electron chi connectivity index (χ3n) is 3.11. The van der Waals surface area contributed by atoms with E-state index < -0.39 is 0 Å². The van der Waals surface area contributed by atoms with E-state index in [1.54, 1.807) is 0 Å². The maximum atomic E-state index is 5.90. The Morgan fingerprint density at radius 2 is 2.00 bits per heavy atom. The standard InChI is InChI=1S/C10H18N4S/c1-7-12-10(15-13-7)14(2)9-5-3-8(11)4-6-9/h8-9H,3-6,11H2,1-2H3. The zero-order valence-electron chi connectivity index (χ0n) is 9.31. The van der Waals surface area contributed by atoms with Crippen LogP contribution in [0.4, 0.5) is 5.13 Å². The summed E-state index contributed by atoms with van der Waals surface area (Å²) in [4.78, 5) is 6.67. The Labute approximate surface area is 94.7 Å². The monoisotopic (exact) mass is 226 g/mol. The van der Waals surface area contributed by atoms with Crippen LogP contribution in [0.25, 0.3) is 0 Å². The molecule has 0 aromatic carbocycles. The minimum Gasteiger partial charge on any atom is -0.347 e. The average molecular weight is 226 g/mol. The van der Waals surface area contributed by atoms with Gasteiger partial charge in [-0.25, -0.2) is 4.98 Å². The van der Waals surface area contributed by atoms with Gasteiger partial charge in [-0.05, 0) is 32.6 Å². The Balaban J connectivity index is 1.99. The lowest BCUT2D eigenvalue weighted by molar-refractivity contribution is 0.385. The molecule has 0 atom stereocenters. The van der Waals surface area contributed by atoms with Gasteiger partial charge < -0.3 is 10.6 Å². The van der Waals surface area contributed by atoms with Crippen molar-refractivity contribution in [1.29, 1.82) is 0 Å². The topological polar surface area (TPSA) is 55.0 Å². The number of hydrogen-bond donors (Lipinski definition) is 1. The summed E-state index contributed by atoms with van der Waals surface area (Å²) in [5.41, 5.74) is 5.90. The molecule has 1 aliphatic rings. The second kappa shape index (κ2) is 4.45. The lowest BCUT2D eigenvalue weighted by Crippen LogP contribution is -2.38. The molecule has 1 saturated carbocycles. The maximum Gasteiger partial charge on any atom is 0.205 e. The van der Waals surface area contributed by atoms with Crippen LogP contribution in [0.1, 0.15) is 31.5 Å². The van der Waals surface area contributed by atoms with Crippen molar-refractivity contribution in [1.82, 2.24) is 9.36 Å². The van der Waals surface area contributed by atoms with E-state index in [1.807, 2.05) is 6.92 Å². The predicted molar refractivity (Wildman–Crippen MR) is 63.3 cm³/mol. The molecule has 0 saturated heterocycles. The minimum atomic E-state index is 0.408. The molecule has 1 fully saturated rings. The van der Waals surface area contributed by atoms with Crippen LogP contribution in [0.15, 0.2) is 0 Å². The largest absolute Gasteiger partial charge is 0.347 e. The highest BCUT2D eigenvalue weighted by molar-refractivity contribution is 7.09. The van der Waals surface area contributed by atoms with Gasteiger partial charge in [0.15, 0.2) is 0 Å². The molecule has 0 amide bonds. The number of rotatable bonds is 2. The van der Waals surface area contributed by atoms with Gasteiger partial charge in [0, 0.05) is 30.7 Å². The summed E-state index contributed by atoms with van der Waals surface area (Å²) in [6.07, 6.45) is 4.62. The van der Waals surface area contributed by atoms with E-state index >= 15 is 0 Å². The first-order chi connectivity index (χ1) is 7.16. The fourth-order valence-corrected chi connectivity index (χ4v) is 2.78. The van der Waals surface area contributed by atoms with Crippen LogP contribution in [0.5, 0.6) is 0 Å². The third kappa shape index (κ3) is 2.46. The lowest BCUT2D eigenvalue weighted by atomic mass is 9.91. The van der Waals surface area contributed by atoms with E-state index in [-0.39, 0.29) is 0 Å². The van der Waals surface area contributed by atoms with Crippen LogP contribution in [0.3, 0.4) is 0 Å². The van der Waals surface area contributed by atoms with Gasteiger partial charge in [0.05, 0.1) is 0 Å². The lowest BCUT2D eigenvalue weighted by Gasteiger charge is -2.32. The summed E-state index contributed by atoms with van der Waals surface area (Å²) in [5, 5.41) is 1.04. The normalized spacial score (nSPS) is 26.6. The van der Waals surface area contributed by atoms with Gasteiger partial charge in [0.1, 0.15) is 5.82 Å². The molecule has 0 unspecified atom stereocenters.